The Hall–Kier alpha value is -2.80. The van der Waals surface area contributed by atoms with Crippen LogP contribution >= 0.6 is 0 Å². The maximum absolute atomic E-state index is 11.8. The van der Waals surface area contributed by atoms with Crippen LogP contribution in [0.15, 0.2) is 48.5 Å². The predicted molar refractivity (Wildman–Crippen MR) is 84.1 cm³/mol. The molecule has 0 bridgehead atoms. The molecule has 0 fully saturated rings. The van der Waals surface area contributed by atoms with E-state index in [1.807, 2.05) is 55.5 Å². The predicted octanol–water partition coefficient (Wildman–Crippen LogP) is 3.11. The van der Waals surface area contributed by atoms with Crippen LogP contribution in [0, 0.1) is 18.3 Å². The standard InChI is InChI=1S/C17H17N3O/c1-13-2-6-16(7-3-13)20-17(21)12-19-15-8-4-14(5-9-15)10-11-18/h2-9,19H,10,12H2,1H3,(H,20,21). The molecule has 2 rings (SSSR count). The van der Waals surface area contributed by atoms with E-state index in [0.717, 1.165) is 22.5 Å². The molecule has 21 heavy (non-hydrogen) atoms. The summed E-state index contributed by atoms with van der Waals surface area (Å²) in [4.78, 5) is 11.8. The minimum absolute atomic E-state index is 0.0973. The van der Waals surface area contributed by atoms with Crippen molar-refractivity contribution in [3.8, 4) is 6.07 Å². The number of carbonyl (C=O) groups excluding carboxylic acids is 1. The number of hydrogen-bond donors (Lipinski definition) is 2. The highest BCUT2D eigenvalue weighted by atomic mass is 16.1. The van der Waals surface area contributed by atoms with Gasteiger partial charge in [-0.25, -0.2) is 0 Å². The van der Waals surface area contributed by atoms with E-state index in [-0.39, 0.29) is 12.5 Å². The van der Waals surface area contributed by atoms with Crippen molar-refractivity contribution >= 4 is 17.3 Å². The second-order valence-electron chi connectivity index (χ2n) is 4.80. The molecular weight excluding hydrogens is 262 g/mol. The molecule has 2 N–H and O–H groups in total. The lowest BCUT2D eigenvalue weighted by Crippen LogP contribution is -2.21. The zero-order valence-corrected chi connectivity index (χ0v) is 11.9. The van der Waals surface area contributed by atoms with Gasteiger partial charge in [-0.1, -0.05) is 29.8 Å². The highest BCUT2D eigenvalue weighted by Gasteiger charge is 2.02. The monoisotopic (exact) mass is 279 g/mol. The first kappa shape index (κ1) is 14.6. The highest BCUT2D eigenvalue weighted by Crippen LogP contribution is 2.11. The van der Waals surface area contributed by atoms with Crippen LogP contribution in [-0.2, 0) is 11.2 Å². The molecule has 0 atom stereocenters. The van der Waals surface area contributed by atoms with Crippen LogP contribution in [0.2, 0.25) is 0 Å². The van der Waals surface area contributed by atoms with Gasteiger partial charge in [-0.3, -0.25) is 4.79 Å². The zero-order valence-electron chi connectivity index (χ0n) is 11.9. The van der Waals surface area contributed by atoms with E-state index in [1.54, 1.807) is 0 Å². The molecule has 0 saturated heterocycles. The van der Waals surface area contributed by atoms with E-state index < -0.39 is 0 Å². The molecule has 0 aliphatic rings. The maximum Gasteiger partial charge on any atom is 0.243 e. The van der Waals surface area contributed by atoms with Gasteiger partial charge in [0.2, 0.25) is 5.91 Å². The Bertz CT molecular complexity index is 639. The summed E-state index contributed by atoms with van der Waals surface area (Å²) in [7, 11) is 0. The van der Waals surface area contributed by atoms with Crippen molar-refractivity contribution in [3.05, 3.63) is 59.7 Å². The maximum atomic E-state index is 11.8. The summed E-state index contributed by atoms with van der Waals surface area (Å²) in [5.41, 5.74) is 3.77. The Morgan fingerprint density at radius 1 is 1.05 bits per heavy atom. The molecule has 1 amide bonds. The first-order valence-corrected chi connectivity index (χ1v) is 6.73. The minimum Gasteiger partial charge on any atom is -0.376 e. The fourth-order valence-electron chi connectivity index (χ4n) is 1.86. The average molecular weight is 279 g/mol. The Balaban J connectivity index is 1.83. The molecule has 0 heterocycles. The minimum atomic E-state index is -0.0973. The van der Waals surface area contributed by atoms with Crippen LogP contribution in [0.4, 0.5) is 11.4 Å². The van der Waals surface area contributed by atoms with E-state index >= 15 is 0 Å². The van der Waals surface area contributed by atoms with Crippen molar-refractivity contribution in [1.82, 2.24) is 0 Å². The van der Waals surface area contributed by atoms with Gasteiger partial charge in [0.15, 0.2) is 0 Å². The van der Waals surface area contributed by atoms with Gasteiger partial charge in [-0.05, 0) is 36.8 Å². The van der Waals surface area contributed by atoms with Crippen LogP contribution in [0.1, 0.15) is 11.1 Å². The third-order valence-electron chi connectivity index (χ3n) is 3.03. The van der Waals surface area contributed by atoms with Crippen molar-refractivity contribution in [1.29, 1.82) is 5.26 Å². The fourth-order valence-corrected chi connectivity index (χ4v) is 1.86. The van der Waals surface area contributed by atoms with Gasteiger partial charge in [-0.15, -0.1) is 0 Å². The Morgan fingerprint density at radius 3 is 2.29 bits per heavy atom. The van der Waals surface area contributed by atoms with E-state index in [4.69, 9.17) is 5.26 Å². The first-order chi connectivity index (χ1) is 10.2. The van der Waals surface area contributed by atoms with Crippen LogP contribution in [0.3, 0.4) is 0 Å². The number of hydrogen-bond acceptors (Lipinski definition) is 3. The summed E-state index contributed by atoms with van der Waals surface area (Å²) in [6.07, 6.45) is 0.397. The summed E-state index contributed by atoms with van der Waals surface area (Å²) in [6, 6.07) is 17.3. The van der Waals surface area contributed by atoms with Gasteiger partial charge in [0, 0.05) is 11.4 Å². The molecule has 0 aliphatic carbocycles. The lowest BCUT2D eigenvalue weighted by Gasteiger charge is -2.08. The molecule has 4 heteroatoms. The molecule has 0 spiro atoms. The summed E-state index contributed by atoms with van der Waals surface area (Å²) < 4.78 is 0. The molecule has 106 valence electrons. The highest BCUT2D eigenvalue weighted by molar-refractivity contribution is 5.93. The normalized spacial score (nSPS) is 9.71. The van der Waals surface area contributed by atoms with E-state index in [0.29, 0.717) is 6.42 Å². The Kier molecular flexibility index (Phi) is 4.94. The van der Waals surface area contributed by atoms with E-state index in [1.165, 1.54) is 0 Å². The number of nitriles is 1. The summed E-state index contributed by atoms with van der Waals surface area (Å²) in [6.45, 7) is 2.20. The van der Waals surface area contributed by atoms with Gasteiger partial charge < -0.3 is 10.6 Å². The van der Waals surface area contributed by atoms with Crippen molar-refractivity contribution in [3.63, 3.8) is 0 Å². The Labute approximate surface area is 124 Å². The lowest BCUT2D eigenvalue weighted by molar-refractivity contribution is -0.114. The zero-order chi connectivity index (χ0) is 15.1. The number of benzene rings is 2. The molecule has 0 radical (unpaired) electrons. The third-order valence-corrected chi connectivity index (χ3v) is 3.03. The molecule has 4 nitrogen and oxygen atoms in total. The van der Waals surface area contributed by atoms with Gasteiger partial charge in [0.05, 0.1) is 19.0 Å². The molecule has 2 aromatic carbocycles. The average Bonchev–Trinajstić information content (AvgIpc) is 2.49. The molecule has 0 aromatic heterocycles. The first-order valence-electron chi connectivity index (χ1n) is 6.73. The van der Waals surface area contributed by atoms with E-state index in [2.05, 4.69) is 16.7 Å². The molecular formula is C17H17N3O. The number of carbonyl (C=O) groups is 1. The number of rotatable bonds is 5. The van der Waals surface area contributed by atoms with Gasteiger partial charge in [0.1, 0.15) is 0 Å². The van der Waals surface area contributed by atoms with Crippen molar-refractivity contribution < 1.29 is 4.79 Å². The van der Waals surface area contributed by atoms with Gasteiger partial charge in [0.25, 0.3) is 0 Å². The largest absolute Gasteiger partial charge is 0.376 e. The van der Waals surface area contributed by atoms with Gasteiger partial charge in [-0.2, -0.15) is 5.26 Å². The van der Waals surface area contributed by atoms with Crippen molar-refractivity contribution in [2.45, 2.75) is 13.3 Å². The third kappa shape index (κ3) is 4.66. The topological polar surface area (TPSA) is 64.9 Å². The van der Waals surface area contributed by atoms with Crippen LogP contribution in [0.5, 0.6) is 0 Å². The number of aryl methyl sites for hydroxylation is 1. The second-order valence-corrected chi connectivity index (χ2v) is 4.80. The summed E-state index contributed by atoms with van der Waals surface area (Å²) in [5, 5.41) is 14.5. The SMILES string of the molecule is Cc1ccc(NC(=O)CNc2ccc(CC#N)cc2)cc1. The number of anilines is 2. The van der Waals surface area contributed by atoms with Crippen LogP contribution < -0.4 is 10.6 Å². The van der Waals surface area contributed by atoms with Crippen LogP contribution in [-0.4, -0.2) is 12.5 Å². The quantitative estimate of drug-likeness (QED) is 0.883. The number of nitrogens with zero attached hydrogens (tertiary/aromatic N) is 1. The molecule has 2 aromatic rings. The fraction of sp³-hybridized carbons (Fsp3) is 0.176. The number of amides is 1. The number of nitrogens with one attached hydrogen (secondary N) is 2. The Morgan fingerprint density at radius 2 is 1.67 bits per heavy atom. The molecule has 0 saturated carbocycles. The van der Waals surface area contributed by atoms with Crippen molar-refractivity contribution in [2.24, 2.45) is 0 Å². The smallest absolute Gasteiger partial charge is 0.243 e. The molecule has 0 aliphatic heterocycles. The summed E-state index contributed by atoms with van der Waals surface area (Å²) >= 11 is 0. The van der Waals surface area contributed by atoms with E-state index in [9.17, 15) is 4.79 Å². The summed E-state index contributed by atoms with van der Waals surface area (Å²) in [5.74, 6) is -0.0973. The second kappa shape index (κ2) is 7.11. The van der Waals surface area contributed by atoms with Crippen LogP contribution in [0.25, 0.3) is 0 Å². The van der Waals surface area contributed by atoms with Gasteiger partial charge >= 0.3 is 0 Å². The molecule has 0 unspecified atom stereocenters. The lowest BCUT2D eigenvalue weighted by atomic mass is 10.1. The van der Waals surface area contributed by atoms with Crippen molar-refractivity contribution in [2.75, 3.05) is 17.2 Å².